The summed E-state index contributed by atoms with van der Waals surface area (Å²) in [6.45, 7) is 0. The molecule has 0 N–H and O–H groups in total. The Hall–Kier alpha value is -0.510. The van der Waals surface area contributed by atoms with Gasteiger partial charge in [-0.3, -0.25) is 0 Å². The molecule has 1 aromatic heterocycles. The lowest BCUT2D eigenvalue weighted by molar-refractivity contribution is 0.553. The molecule has 0 spiro atoms. The third-order valence-corrected chi connectivity index (χ3v) is 1.29. The topological polar surface area (TPSA) is 12.9 Å². The third-order valence-electron chi connectivity index (χ3n) is 0.716. The lowest BCUT2D eigenvalue weighted by Gasteiger charge is -1.89. The van der Waals surface area contributed by atoms with Gasteiger partial charge in [0.2, 0.25) is 5.95 Å². The molecule has 0 aliphatic heterocycles. The average Bonchev–Trinajstić information content (AvgIpc) is 1.80. The summed E-state index contributed by atoms with van der Waals surface area (Å²) in [6, 6.07) is 0.936. The quantitative estimate of drug-likeness (QED) is 0.573. The molecule has 0 saturated carbocycles. The molecule has 0 fully saturated rings. The van der Waals surface area contributed by atoms with Gasteiger partial charge in [-0.05, 0) is 15.9 Å². The summed E-state index contributed by atoms with van der Waals surface area (Å²) < 4.78 is 24.2. The molecule has 1 rings (SSSR count). The Morgan fingerprint density at radius 3 is 2.67 bits per heavy atom. The first-order chi connectivity index (χ1) is 4.20. The van der Waals surface area contributed by atoms with Crippen molar-refractivity contribution < 1.29 is 8.78 Å². The second-order valence-corrected chi connectivity index (χ2v) is 2.21. The average molecular weight is 193 g/mol. The van der Waals surface area contributed by atoms with E-state index in [2.05, 4.69) is 20.9 Å². The zero-order valence-corrected chi connectivity index (χ0v) is 5.74. The van der Waals surface area contributed by atoms with Gasteiger partial charge in [0.25, 0.3) is 0 Å². The van der Waals surface area contributed by atoms with Crippen LogP contribution in [0, 0.1) is 18.0 Å². The highest BCUT2D eigenvalue weighted by atomic mass is 79.9. The van der Waals surface area contributed by atoms with E-state index in [0.717, 1.165) is 6.07 Å². The lowest BCUT2D eigenvalue weighted by atomic mass is 10.5. The Morgan fingerprint density at radius 2 is 2.22 bits per heavy atom. The van der Waals surface area contributed by atoms with E-state index >= 15 is 0 Å². The van der Waals surface area contributed by atoms with Crippen LogP contribution in [-0.2, 0) is 0 Å². The number of hydrogen-bond donors (Lipinski definition) is 0. The van der Waals surface area contributed by atoms with Crippen LogP contribution < -0.4 is 0 Å². The van der Waals surface area contributed by atoms with Gasteiger partial charge in [0.15, 0.2) is 5.82 Å². The van der Waals surface area contributed by atoms with Gasteiger partial charge in [0.05, 0.1) is 4.47 Å². The highest BCUT2D eigenvalue weighted by Crippen LogP contribution is 2.12. The van der Waals surface area contributed by atoms with Crippen molar-refractivity contribution in [1.29, 1.82) is 0 Å². The summed E-state index contributed by atoms with van der Waals surface area (Å²) in [5, 5.41) is 0. The van der Waals surface area contributed by atoms with Gasteiger partial charge >= 0.3 is 0 Å². The molecular weight excluding hydrogens is 192 g/mol. The van der Waals surface area contributed by atoms with Gasteiger partial charge in [-0.2, -0.15) is 4.39 Å². The summed E-state index contributed by atoms with van der Waals surface area (Å²) in [7, 11) is 0. The number of rotatable bonds is 0. The lowest BCUT2D eigenvalue weighted by Crippen LogP contribution is -1.85. The van der Waals surface area contributed by atoms with Crippen molar-refractivity contribution in [3.05, 3.63) is 28.5 Å². The molecule has 0 saturated heterocycles. The van der Waals surface area contributed by atoms with Crippen molar-refractivity contribution in [1.82, 2.24) is 4.98 Å². The second kappa shape index (κ2) is 2.39. The van der Waals surface area contributed by atoms with Gasteiger partial charge in [-0.1, -0.05) is 0 Å². The van der Waals surface area contributed by atoms with Gasteiger partial charge in [-0.25, -0.2) is 9.37 Å². The Morgan fingerprint density at radius 1 is 1.56 bits per heavy atom. The molecule has 9 heavy (non-hydrogen) atoms. The molecule has 0 aromatic carbocycles. The normalized spacial score (nSPS) is 9.67. The minimum Gasteiger partial charge on any atom is -0.215 e. The predicted octanol–water partition coefficient (Wildman–Crippen LogP) is 1.92. The van der Waals surface area contributed by atoms with Gasteiger partial charge in [-0.15, -0.1) is 0 Å². The number of aromatic nitrogens is 1. The fraction of sp³-hybridized carbons (Fsp3) is 0. The molecule has 47 valence electrons. The van der Waals surface area contributed by atoms with E-state index in [1.54, 1.807) is 0 Å². The fourth-order valence-electron chi connectivity index (χ4n) is 0.356. The molecule has 1 radical (unpaired) electrons. The first-order valence-corrected chi connectivity index (χ1v) is 2.88. The van der Waals surface area contributed by atoms with Gasteiger partial charge in [0.1, 0.15) is 6.20 Å². The van der Waals surface area contributed by atoms with Crippen molar-refractivity contribution in [3.8, 4) is 0 Å². The SMILES string of the molecule is Fc1cc(Br)c(F)[c]n1. The van der Waals surface area contributed by atoms with Crippen LogP contribution in [0.5, 0.6) is 0 Å². The van der Waals surface area contributed by atoms with Crippen molar-refractivity contribution in [3.63, 3.8) is 0 Å². The third kappa shape index (κ3) is 1.45. The van der Waals surface area contributed by atoms with E-state index in [0.29, 0.717) is 0 Å². The Balaban J connectivity index is 3.17. The first kappa shape index (κ1) is 6.61. The number of pyridine rings is 1. The molecule has 4 heteroatoms. The smallest absolute Gasteiger partial charge is 0.214 e. The van der Waals surface area contributed by atoms with Gasteiger partial charge in [0, 0.05) is 6.07 Å². The van der Waals surface area contributed by atoms with E-state index in [-0.39, 0.29) is 4.47 Å². The molecular formula is C5HBrF2N. The minimum absolute atomic E-state index is 0.0370. The molecule has 0 aliphatic rings. The van der Waals surface area contributed by atoms with Crippen LogP contribution in [0.4, 0.5) is 8.78 Å². The maximum Gasteiger partial charge on any atom is 0.214 e. The Kier molecular flexibility index (Phi) is 1.75. The maximum absolute atomic E-state index is 12.2. The van der Waals surface area contributed by atoms with E-state index in [9.17, 15) is 8.78 Å². The molecule has 0 aliphatic carbocycles. The van der Waals surface area contributed by atoms with Crippen molar-refractivity contribution in [2.45, 2.75) is 0 Å². The largest absolute Gasteiger partial charge is 0.215 e. The zero-order valence-electron chi connectivity index (χ0n) is 4.16. The van der Waals surface area contributed by atoms with Crippen molar-refractivity contribution in [2.24, 2.45) is 0 Å². The summed E-state index contributed by atoms with van der Waals surface area (Å²) in [5.74, 6) is -1.43. The van der Waals surface area contributed by atoms with E-state index in [1.807, 2.05) is 6.20 Å². The second-order valence-electron chi connectivity index (χ2n) is 1.35. The summed E-state index contributed by atoms with van der Waals surface area (Å²) in [4.78, 5) is 2.94. The molecule has 0 bridgehead atoms. The number of halogens is 3. The van der Waals surface area contributed by atoms with Crippen LogP contribution in [0.3, 0.4) is 0 Å². The van der Waals surface area contributed by atoms with Crippen LogP contribution in [0.15, 0.2) is 10.5 Å². The minimum atomic E-state index is -0.747. The van der Waals surface area contributed by atoms with Crippen LogP contribution in [0.1, 0.15) is 0 Å². The van der Waals surface area contributed by atoms with E-state index in [4.69, 9.17) is 0 Å². The fourth-order valence-corrected chi connectivity index (χ4v) is 0.634. The van der Waals surface area contributed by atoms with Crippen LogP contribution in [0.25, 0.3) is 0 Å². The van der Waals surface area contributed by atoms with E-state index in [1.165, 1.54) is 0 Å². The molecule has 1 aromatic rings. The zero-order chi connectivity index (χ0) is 6.85. The Labute approximate surface area is 58.8 Å². The molecule has 0 atom stereocenters. The monoisotopic (exact) mass is 192 g/mol. The summed E-state index contributed by atoms with van der Waals surface area (Å²) >= 11 is 2.76. The van der Waals surface area contributed by atoms with Crippen LogP contribution in [-0.4, -0.2) is 4.98 Å². The van der Waals surface area contributed by atoms with E-state index < -0.39 is 11.8 Å². The Bertz CT molecular complexity index is 226. The predicted molar refractivity (Wildman–Crippen MR) is 30.7 cm³/mol. The van der Waals surface area contributed by atoms with Crippen molar-refractivity contribution >= 4 is 15.9 Å². The highest BCUT2D eigenvalue weighted by Gasteiger charge is 1.99. The molecule has 0 amide bonds. The molecule has 1 nitrogen and oxygen atoms in total. The highest BCUT2D eigenvalue weighted by molar-refractivity contribution is 9.10. The van der Waals surface area contributed by atoms with Crippen molar-refractivity contribution in [2.75, 3.05) is 0 Å². The maximum atomic E-state index is 12.2. The molecule has 1 heterocycles. The standard InChI is InChI=1S/C5HBrF2N/c6-3-1-5(8)9-2-4(3)7/h1H. The molecule has 0 unspecified atom stereocenters. The number of hydrogen-bond acceptors (Lipinski definition) is 1. The summed E-state index contributed by atoms with van der Waals surface area (Å²) in [5.41, 5.74) is 0. The summed E-state index contributed by atoms with van der Waals surface area (Å²) in [6.07, 6.45) is 1.83. The first-order valence-electron chi connectivity index (χ1n) is 2.09. The van der Waals surface area contributed by atoms with Gasteiger partial charge < -0.3 is 0 Å². The van der Waals surface area contributed by atoms with Crippen LogP contribution in [0.2, 0.25) is 0 Å². The number of nitrogens with zero attached hydrogens (tertiary/aromatic N) is 1. The van der Waals surface area contributed by atoms with Crippen LogP contribution >= 0.6 is 15.9 Å².